The fraction of sp³-hybridized carbons (Fsp3) is 0.368. The lowest BCUT2D eigenvalue weighted by molar-refractivity contribution is 0.529. The highest BCUT2D eigenvalue weighted by molar-refractivity contribution is 5.56. The van der Waals surface area contributed by atoms with E-state index in [-0.39, 0.29) is 6.04 Å². The molecule has 0 saturated heterocycles. The fourth-order valence-electron chi connectivity index (χ4n) is 3.25. The molecule has 2 heteroatoms. The van der Waals surface area contributed by atoms with Gasteiger partial charge >= 0.3 is 0 Å². The number of aryl methyl sites for hydroxylation is 1. The Morgan fingerprint density at radius 3 is 2.62 bits per heavy atom. The van der Waals surface area contributed by atoms with Crippen LogP contribution in [0.5, 0.6) is 0 Å². The van der Waals surface area contributed by atoms with Crippen molar-refractivity contribution in [2.24, 2.45) is 5.73 Å². The number of para-hydroxylation sites is 1. The molecule has 2 aromatic carbocycles. The minimum atomic E-state index is 0.118. The Hall–Kier alpha value is -1.80. The van der Waals surface area contributed by atoms with Gasteiger partial charge in [0.25, 0.3) is 0 Å². The average Bonchev–Trinajstić information content (AvgIpc) is 2.54. The van der Waals surface area contributed by atoms with Gasteiger partial charge < -0.3 is 10.6 Å². The molecule has 2 atom stereocenters. The van der Waals surface area contributed by atoms with Crippen molar-refractivity contribution in [1.29, 1.82) is 0 Å². The second-order valence-corrected chi connectivity index (χ2v) is 6.02. The Kier molecular flexibility index (Phi) is 4.26. The molecule has 2 N–H and O–H groups in total. The third-order valence-corrected chi connectivity index (χ3v) is 4.57. The zero-order valence-corrected chi connectivity index (χ0v) is 12.7. The Labute approximate surface area is 127 Å². The summed E-state index contributed by atoms with van der Waals surface area (Å²) in [6.45, 7) is 3.35. The van der Waals surface area contributed by atoms with E-state index in [2.05, 4.69) is 60.4 Å². The van der Waals surface area contributed by atoms with E-state index >= 15 is 0 Å². The number of hydrogen-bond donors (Lipinski definition) is 1. The summed E-state index contributed by atoms with van der Waals surface area (Å²) in [4.78, 5) is 2.53. The molecular weight excluding hydrogens is 256 g/mol. The van der Waals surface area contributed by atoms with E-state index in [4.69, 9.17) is 5.73 Å². The first-order valence-electron chi connectivity index (χ1n) is 7.91. The van der Waals surface area contributed by atoms with Crippen molar-refractivity contribution >= 4 is 5.69 Å². The van der Waals surface area contributed by atoms with Gasteiger partial charge in [-0.25, -0.2) is 0 Å². The zero-order valence-electron chi connectivity index (χ0n) is 12.7. The van der Waals surface area contributed by atoms with Gasteiger partial charge in [0.15, 0.2) is 0 Å². The second-order valence-electron chi connectivity index (χ2n) is 6.02. The summed E-state index contributed by atoms with van der Waals surface area (Å²) in [5.74, 6) is 0. The maximum Gasteiger partial charge on any atom is 0.0401 e. The van der Waals surface area contributed by atoms with Gasteiger partial charge in [0.05, 0.1) is 0 Å². The molecule has 0 spiro atoms. The predicted octanol–water partition coefficient (Wildman–Crippen LogP) is 3.92. The minimum absolute atomic E-state index is 0.118. The van der Waals surface area contributed by atoms with Crippen LogP contribution in [0, 0.1) is 0 Å². The molecule has 1 aliphatic rings. The molecule has 3 rings (SSSR count). The van der Waals surface area contributed by atoms with Crippen LogP contribution in [0.2, 0.25) is 0 Å². The van der Waals surface area contributed by atoms with E-state index in [0.717, 1.165) is 13.0 Å². The van der Waals surface area contributed by atoms with Gasteiger partial charge in [0.1, 0.15) is 0 Å². The summed E-state index contributed by atoms with van der Waals surface area (Å²) >= 11 is 0. The van der Waals surface area contributed by atoms with Crippen LogP contribution in [-0.2, 0) is 6.42 Å². The summed E-state index contributed by atoms with van der Waals surface area (Å²) < 4.78 is 0. The maximum atomic E-state index is 6.35. The second kappa shape index (κ2) is 6.31. The van der Waals surface area contributed by atoms with E-state index < -0.39 is 0 Å². The maximum absolute atomic E-state index is 6.35. The van der Waals surface area contributed by atoms with E-state index in [0.29, 0.717) is 6.04 Å². The lowest BCUT2D eigenvalue weighted by Gasteiger charge is -2.37. The van der Waals surface area contributed by atoms with Gasteiger partial charge in [-0.1, -0.05) is 48.5 Å². The van der Waals surface area contributed by atoms with Crippen molar-refractivity contribution in [3.05, 3.63) is 65.7 Å². The van der Waals surface area contributed by atoms with Crippen molar-refractivity contribution in [2.45, 2.75) is 38.3 Å². The Bertz CT molecular complexity index is 579. The van der Waals surface area contributed by atoms with E-state index in [1.807, 2.05) is 6.07 Å². The first kappa shape index (κ1) is 14.2. The number of fused-ring (bicyclic) bond motifs is 1. The van der Waals surface area contributed by atoms with Gasteiger partial charge in [-0.15, -0.1) is 0 Å². The first-order chi connectivity index (χ1) is 10.3. The van der Waals surface area contributed by atoms with Crippen LogP contribution in [0.15, 0.2) is 54.6 Å². The number of nitrogens with zero attached hydrogens (tertiary/aromatic N) is 1. The van der Waals surface area contributed by atoms with Crippen molar-refractivity contribution in [2.75, 3.05) is 11.4 Å². The molecule has 0 fully saturated rings. The molecule has 2 aromatic rings. The average molecular weight is 280 g/mol. The summed E-state index contributed by atoms with van der Waals surface area (Å²) in [5, 5.41) is 0. The Morgan fingerprint density at radius 2 is 1.81 bits per heavy atom. The van der Waals surface area contributed by atoms with Crippen LogP contribution in [0.1, 0.15) is 36.9 Å². The van der Waals surface area contributed by atoms with Gasteiger partial charge in [-0.05, 0) is 43.4 Å². The molecule has 1 heterocycles. The van der Waals surface area contributed by atoms with Crippen LogP contribution < -0.4 is 10.6 Å². The van der Waals surface area contributed by atoms with Crippen molar-refractivity contribution in [1.82, 2.24) is 0 Å². The molecule has 0 saturated carbocycles. The van der Waals surface area contributed by atoms with Crippen molar-refractivity contribution in [3.63, 3.8) is 0 Å². The van der Waals surface area contributed by atoms with Gasteiger partial charge in [-0.3, -0.25) is 0 Å². The minimum Gasteiger partial charge on any atom is -0.369 e. The smallest absolute Gasteiger partial charge is 0.0401 e. The highest BCUT2D eigenvalue weighted by Gasteiger charge is 2.22. The standard InChI is InChI=1S/C19H24N2/c1-15-11-12-17-9-5-6-10-19(17)21(15)14-13-18(20)16-7-3-2-4-8-16/h2-10,15,18H,11-14,20H2,1H3. The molecule has 2 unspecified atom stereocenters. The summed E-state index contributed by atoms with van der Waals surface area (Å²) in [7, 11) is 0. The normalized spacial score (nSPS) is 19.1. The van der Waals surface area contributed by atoms with Crippen LogP contribution in [0.3, 0.4) is 0 Å². The molecule has 21 heavy (non-hydrogen) atoms. The fourth-order valence-corrected chi connectivity index (χ4v) is 3.25. The number of hydrogen-bond acceptors (Lipinski definition) is 2. The monoisotopic (exact) mass is 280 g/mol. The quantitative estimate of drug-likeness (QED) is 0.920. The van der Waals surface area contributed by atoms with Gasteiger partial charge in [0, 0.05) is 24.3 Å². The highest BCUT2D eigenvalue weighted by atomic mass is 15.2. The summed E-state index contributed by atoms with van der Waals surface area (Å²) in [6.07, 6.45) is 3.42. The molecule has 110 valence electrons. The molecule has 0 aromatic heterocycles. The molecule has 0 radical (unpaired) electrons. The summed E-state index contributed by atoms with van der Waals surface area (Å²) in [5.41, 5.74) is 10.5. The van der Waals surface area contributed by atoms with Crippen LogP contribution in [0.4, 0.5) is 5.69 Å². The number of benzene rings is 2. The van der Waals surface area contributed by atoms with Gasteiger partial charge in [-0.2, -0.15) is 0 Å². The van der Waals surface area contributed by atoms with Crippen LogP contribution in [-0.4, -0.2) is 12.6 Å². The topological polar surface area (TPSA) is 29.3 Å². The van der Waals surface area contributed by atoms with E-state index in [9.17, 15) is 0 Å². The largest absolute Gasteiger partial charge is 0.369 e. The predicted molar refractivity (Wildman–Crippen MR) is 89.6 cm³/mol. The van der Waals surface area contributed by atoms with Crippen molar-refractivity contribution < 1.29 is 0 Å². The van der Waals surface area contributed by atoms with Crippen LogP contribution >= 0.6 is 0 Å². The molecule has 0 amide bonds. The first-order valence-corrected chi connectivity index (χ1v) is 7.91. The number of anilines is 1. The molecule has 0 bridgehead atoms. The SMILES string of the molecule is CC1CCc2ccccc2N1CCC(N)c1ccccc1. The van der Waals surface area contributed by atoms with Crippen molar-refractivity contribution in [3.8, 4) is 0 Å². The Morgan fingerprint density at radius 1 is 1.10 bits per heavy atom. The third kappa shape index (κ3) is 3.11. The molecular formula is C19H24N2. The lowest BCUT2D eigenvalue weighted by atomic mass is 9.95. The lowest BCUT2D eigenvalue weighted by Crippen LogP contribution is -2.39. The Balaban J connectivity index is 1.70. The van der Waals surface area contributed by atoms with Crippen LogP contribution in [0.25, 0.3) is 0 Å². The molecule has 0 aliphatic carbocycles. The summed E-state index contributed by atoms with van der Waals surface area (Å²) in [6, 6.07) is 19.9. The highest BCUT2D eigenvalue weighted by Crippen LogP contribution is 2.31. The number of nitrogens with two attached hydrogens (primary N) is 1. The van der Waals surface area contributed by atoms with Gasteiger partial charge in [0.2, 0.25) is 0 Å². The molecule has 1 aliphatic heterocycles. The number of rotatable bonds is 4. The molecule has 2 nitrogen and oxygen atoms in total. The zero-order chi connectivity index (χ0) is 14.7. The third-order valence-electron chi connectivity index (χ3n) is 4.57. The van der Waals surface area contributed by atoms with E-state index in [1.165, 1.54) is 29.7 Å². The van der Waals surface area contributed by atoms with E-state index in [1.54, 1.807) is 0 Å².